The minimum absolute atomic E-state index is 0.0424. The maximum atomic E-state index is 12.4. The van der Waals surface area contributed by atoms with Crippen molar-refractivity contribution in [3.8, 4) is 11.3 Å². The second-order valence-electron chi connectivity index (χ2n) is 6.44. The third-order valence-corrected chi connectivity index (χ3v) is 4.23. The van der Waals surface area contributed by atoms with Gasteiger partial charge in [-0.05, 0) is 18.1 Å². The number of hydrogen-bond acceptors (Lipinski definition) is 5. The smallest absolute Gasteiger partial charge is 0.328 e. The highest BCUT2D eigenvalue weighted by molar-refractivity contribution is 5.84. The van der Waals surface area contributed by atoms with Crippen molar-refractivity contribution in [2.24, 2.45) is 5.92 Å². The Morgan fingerprint density at radius 3 is 2.46 bits per heavy atom. The molecule has 0 saturated carbocycles. The number of carbonyl (C=O) groups excluding carboxylic acids is 1. The summed E-state index contributed by atoms with van der Waals surface area (Å²) in [5.41, 5.74) is 1.88. The van der Waals surface area contributed by atoms with Crippen LogP contribution in [-0.4, -0.2) is 19.1 Å². The van der Waals surface area contributed by atoms with E-state index >= 15 is 0 Å². The van der Waals surface area contributed by atoms with Gasteiger partial charge < -0.3 is 14.5 Å². The number of carbonyl (C=O) groups is 1. The van der Waals surface area contributed by atoms with Gasteiger partial charge in [0.05, 0.1) is 12.5 Å². The number of fused-ring (bicyclic) bond motifs is 1. The molecule has 134 valence electrons. The summed E-state index contributed by atoms with van der Waals surface area (Å²) in [6.07, 6.45) is 0. The van der Waals surface area contributed by atoms with E-state index in [-0.39, 0.29) is 17.3 Å². The lowest BCUT2D eigenvalue weighted by Gasteiger charge is -2.21. The zero-order valence-corrected chi connectivity index (χ0v) is 15.0. The van der Waals surface area contributed by atoms with Gasteiger partial charge in [0.25, 0.3) is 0 Å². The third kappa shape index (κ3) is 3.61. The molecule has 1 aromatic heterocycles. The van der Waals surface area contributed by atoms with E-state index in [0.29, 0.717) is 22.4 Å². The van der Waals surface area contributed by atoms with Crippen molar-refractivity contribution in [3.05, 3.63) is 64.8 Å². The van der Waals surface area contributed by atoms with Crippen LogP contribution in [-0.2, 0) is 9.53 Å². The summed E-state index contributed by atoms with van der Waals surface area (Å²) in [5, 5.41) is 3.66. The number of rotatable bonds is 5. The minimum atomic E-state index is -0.485. The summed E-state index contributed by atoms with van der Waals surface area (Å²) >= 11 is 0. The summed E-state index contributed by atoms with van der Waals surface area (Å²) in [6, 6.07) is 15.7. The molecule has 5 nitrogen and oxygen atoms in total. The lowest BCUT2D eigenvalue weighted by molar-refractivity contribution is -0.142. The molecule has 0 aliphatic heterocycles. The normalized spacial score (nSPS) is 12.2. The van der Waals surface area contributed by atoms with Gasteiger partial charge in [0, 0.05) is 23.4 Å². The van der Waals surface area contributed by atoms with Crippen LogP contribution >= 0.6 is 0 Å². The zero-order chi connectivity index (χ0) is 18.7. The molecule has 0 aliphatic rings. The van der Waals surface area contributed by atoms with Crippen LogP contribution in [0.5, 0.6) is 0 Å². The van der Waals surface area contributed by atoms with Crippen molar-refractivity contribution < 1.29 is 13.9 Å². The van der Waals surface area contributed by atoms with Crippen LogP contribution < -0.4 is 10.7 Å². The fourth-order valence-corrected chi connectivity index (χ4v) is 2.79. The number of anilines is 1. The van der Waals surface area contributed by atoms with Crippen LogP contribution in [0.4, 0.5) is 5.69 Å². The quantitative estimate of drug-likeness (QED) is 0.702. The Balaban J connectivity index is 2.02. The molecular weight excluding hydrogens is 330 g/mol. The maximum absolute atomic E-state index is 12.4. The topological polar surface area (TPSA) is 68.5 Å². The molecule has 0 unspecified atom stereocenters. The van der Waals surface area contributed by atoms with Crippen molar-refractivity contribution in [2.75, 3.05) is 12.4 Å². The molecule has 0 radical (unpaired) electrons. The molecule has 1 heterocycles. The van der Waals surface area contributed by atoms with Gasteiger partial charge in [-0.25, -0.2) is 4.79 Å². The molecule has 26 heavy (non-hydrogen) atoms. The first-order valence-corrected chi connectivity index (χ1v) is 8.47. The molecule has 0 saturated heterocycles. The highest BCUT2D eigenvalue weighted by Crippen LogP contribution is 2.24. The molecule has 0 fully saturated rings. The number of nitrogens with one attached hydrogen (secondary N) is 1. The van der Waals surface area contributed by atoms with Crippen molar-refractivity contribution in [3.63, 3.8) is 0 Å². The van der Waals surface area contributed by atoms with Crippen LogP contribution in [0.3, 0.4) is 0 Å². The summed E-state index contributed by atoms with van der Waals surface area (Å²) < 4.78 is 10.8. The van der Waals surface area contributed by atoms with Crippen LogP contribution in [0.1, 0.15) is 13.8 Å². The zero-order valence-electron chi connectivity index (χ0n) is 15.0. The summed E-state index contributed by atoms with van der Waals surface area (Å²) in [6.45, 7) is 3.87. The number of benzene rings is 2. The van der Waals surface area contributed by atoms with E-state index in [1.54, 1.807) is 18.2 Å². The van der Waals surface area contributed by atoms with E-state index in [1.165, 1.54) is 13.2 Å². The van der Waals surface area contributed by atoms with E-state index in [9.17, 15) is 9.59 Å². The Kier molecular flexibility index (Phi) is 5.07. The fraction of sp³-hybridized carbons (Fsp3) is 0.238. The largest absolute Gasteiger partial charge is 0.467 e. The van der Waals surface area contributed by atoms with Gasteiger partial charge in [-0.2, -0.15) is 0 Å². The molecule has 2 aromatic carbocycles. The van der Waals surface area contributed by atoms with Crippen molar-refractivity contribution in [2.45, 2.75) is 19.9 Å². The molecule has 0 aliphatic carbocycles. The fourth-order valence-electron chi connectivity index (χ4n) is 2.79. The first-order valence-electron chi connectivity index (χ1n) is 8.47. The van der Waals surface area contributed by atoms with Gasteiger partial charge in [0.1, 0.15) is 17.4 Å². The molecule has 1 N–H and O–H groups in total. The average Bonchev–Trinajstić information content (AvgIpc) is 2.65. The second-order valence-corrected chi connectivity index (χ2v) is 6.44. The van der Waals surface area contributed by atoms with Crippen LogP contribution in [0, 0.1) is 5.92 Å². The molecular formula is C21H21NO4. The number of esters is 1. The SMILES string of the molecule is COC(=O)[C@@H](Nc1ccc2c(=O)cc(-c3ccccc3)oc2c1)C(C)C. The van der Waals surface area contributed by atoms with Gasteiger partial charge in [-0.3, -0.25) is 4.79 Å². The predicted molar refractivity (Wildman–Crippen MR) is 102 cm³/mol. The lowest BCUT2D eigenvalue weighted by Crippen LogP contribution is -2.35. The van der Waals surface area contributed by atoms with E-state index < -0.39 is 6.04 Å². The monoisotopic (exact) mass is 351 g/mol. The standard InChI is InChI=1S/C21H21NO4/c1-13(2)20(21(24)25-3)22-15-9-10-16-17(23)12-18(26-19(16)11-15)14-7-5-4-6-8-14/h4-13,20,22H,1-3H3/t20-/m0/s1. The van der Waals surface area contributed by atoms with Gasteiger partial charge in [-0.15, -0.1) is 0 Å². The molecule has 0 amide bonds. The van der Waals surface area contributed by atoms with Gasteiger partial charge in [-0.1, -0.05) is 44.2 Å². The molecule has 5 heteroatoms. The van der Waals surface area contributed by atoms with Crippen molar-refractivity contribution >= 4 is 22.6 Å². The Morgan fingerprint density at radius 2 is 1.81 bits per heavy atom. The summed E-state index contributed by atoms with van der Waals surface area (Å²) in [5.74, 6) is 0.217. The van der Waals surface area contributed by atoms with Crippen LogP contribution in [0.25, 0.3) is 22.3 Å². The Bertz CT molecular complexity index is 976. The minimum Gasteiger partial charge on any atom is -0.467 e. The second kappa shape index (κ2) is 7.44. The number of ether oxygens (including phenoxy) is 1. The Hall–Kier alpha value is -3.08. The Labute approximate surface area is 151 Å². The van der Waals surface area contributed by atoms with E-state index in [4.69, 9.17) is 9.15 Å². The molecule has 0 spiro atoms. The van der Waals surface area contributed by atoms with Crippen molar-refractivity contribution in [1.82, 2.24) is 0 Å². The molecule has 0 bridgehead atoms. The maximum Gasteiger partial charge on any atom is 0.328 e. The van der Waals surface area contributed by atoms with Gasteiger partial charge >= 0.3 is 5.97 Å². The highest BCUT2D eigenvalue weighted by atomic mass is 16.5. The summed E-state index contributed by atoms with van der Waals surface area (Å²) in [4.78, 5) is 24.4. The highest BCUT2D eigenvalue weighted by Gasteiger charge is 2.23. The molecule has 3 rings (SSSR count). The van der Waals surface area contributed by atoms with Crippen LogP contribution in [0.15, 0.2) is 63.8 Å². The number of hydrogen-bond donors (Lipinski definition) is 1. The Morgan fingerprint density at radius 1 is 1.08 bits per heavy atom. The number of methoxy groups -OCH3 is 1. The van der Waals surface area contributed by atoms with Gasteiger partial charge in [0.15, 0.2) is 5.43 Å². The first kappa shape index (κ1) is 17.7. The predicted octanol–water partition coefficient (Wildman–Crippen LogP) is 4.07. The first-order chi connectivity index (χ1) is 12.5. The van der Waals surface area contributed by atoms with E-state index in [1.807, 2.05) is 44.2 Å². The average molecular weight is 351 g/mol. The van der Waals surface area contributed by atoms with Crippen LogP contribution in [0.2, 0.25) is 0 Å². The third-order valence-electron chi connectivity index (χ3n) is 4.23. The molecule has 1 atom stereocenters. The van der Waals surface area contributed by atoms with Gasteiger partial charge in [0.2, 0.25) is 0 Å². The molecule has 3 aromatic rings. The summed E-state index contributed by atoms with van der Waals surface area (Å²) in [7, 11) is 1.37. The van der Waals surface area contributed by atoms with Crippen molar-refractivity contribution in [1.29, 1.82) is 0 Å². The van der Waals surface area contributed by atoms with E-state index in [0.717, 1.165) is 5.56 Å². The van der Waals surface area contributed by atoms with E-state index in [2.05, 4.69) is 5.32 Å². The lowest BCUT2D eigenvalue weighted by atomic mass is 10.0.